The quantitative estimate of drug-likeness (QED) is 0.868. The maximum atomic E-state index is 5.14. The van der Waals surface area contributed by atoms with Crippen LogP contribution in [0.5, 0.6) is 5.75 Å². The highest BCUT2D eigenvalue weighted by Crippen LogP contribution is 2.13. The second-order valence-corrected chi connectivity index (χ2v) is 5.14. The Balaban J connectivity index is 1.89. The van der Waals surface area contributed by atoms with Gasteiger partial charge in [0, 0.05) is 12.8 Å². The van der Waals surface area contributed by atoms with Gasteiger partial charge in [-0.15, -0.1) is 0 Å². The monoisotopic (exact) mass is 259 g/mol. The van der Waals surface area contributed by atoms with Crippen LogP contribution < -0.4 is 4.74 Å². The van der Waals surface area contributed by atoms with Gasteiger partial charge in [-0.25, -0.2) is 4.98 Å². The zero-order valence-corrected chi connectivity index (χ0v) is 11.8. The van der Waals surface area contributed by atoms with Crippen LogP contribution >= 0.6 is 0 Å². The summed E-state index contributed by atoms with van der Waals surface area (Å²) in [4.78, 5) is 4.51. The van der Waals surface area contributed by atoms with E-state index in [9.17, 15) is 0 Å². The van der Waals surface area contributed by atoms with Crippen molar-refractivity contribution in [1.29, 1.82) is 0 Å². The maximum Gasteiger partial charge on any atom is 0.151 e. The van der Waals surface area contributed by atoms with Crippen molar-refractivity contribution in [3.05, 3.63) is 41.5 Å². The number of nitrogens with zero attached hydrogens (tertiary/aromatic N) is 2. The first-order valence-electron chi connectivity index (χ1n) is 6.70. The second kappa shape index (κ2) is 6.36. The summed E-state index contributed by atoms with van der Waals surface area (Å²) in [6.07, 6.45) is 2.76. The smallest absolute Gasteiger partial charge is 0.151 e. The molecule has 0 amide bonds. The first kappa shape index (κ1) is 13.6. The molecule has 0 radical (unpaired) electrons. The number of methoxy groups -OCH3 is 1. The molecule has 0 spiro atoms. The van der Waals surface area contributed by atoms with Crippen LogP contribution in [-0.4, -0.2) is 22.3 Å². The van der Waals surface area contributed by atoms with Crippen LogP contribution in [0.3, 0.4) is 0 Å². The van der Waals surface area contributed by atoms with Crippen LogP contribution in [0.15, 0.2) is 24.3 Å². The lowest BCUT2D eigenvalue weighted by Crippen LogP contribution is -1.97. The molecule has 0 aliphatic rings. The molecule has 2 aromatic rings. The molecule has 1 heterocycles. The van der Waals surface area contributed by atoms with Crippen molar-refractivity contribution in [2.75, 3.05) is 7.11 Å². The molecule has 0 saturated carbocycles. The zero-order valence-electron chi connectivity index (χ0n) is 11.8. The fourth-order valence-electron chi connectivity index (χ4n) is 1.97. The van der Waals surface area contributed by atoms with E-state index in [1.807, 2.05) is 12.1 Å². The fraction of sp³-hybridized carbons (Fsp3) is 0.467. The largest absolute Gasteiger partial charge is 0.497 e. The molecular weight excluding hydrogens is 238 g/mol. The van der Waals surface area contributed by atoms with E-state index in [0.29, 0.717) is 5.92 Å². The van der Waals surface area contributed by atoms with Crippen molar-refractivity contribution in [3.8, 4) is 5.75 Å². The van der Waals surface area contributed by atoms with Crippen LogP contribution in [0.1, 0.15) is 31.1 Å². The van der Waals surface area contributed by atoms with Crippen molar-refractivity contribution in [1.82, 2.24) is 15.2 Å². The van der Waals surface area contributed by atoms with Gasteiger partial charge in [-0.05, 0) is 30.0 Å². The van der Waals surface area contributed by atoms with Gasteiger partial charge in [0.25, 0.3) is 0 Å². The molecule has 0 unspecified atom stereocenters. The Morgan fingerprint density at radius 2 is 1.89 bits per heavy atom. The molecule has 0 saturated heterocycles. The van der Waals surface area contributed by atoms with Crippen LogP contribution in [0, 0.1) is 5.92 Å². The number of aromatic amines is 1. The molecule has 0 bridgehead atoms. The summed E-state index contributed by atoms with van der Waals surface area (Å²) in [5, 5.41) is 7.27. The van der Waals surface area contributed by atoms with E-state index in [0.717, 1.165) is 36.7 Å². The highest BCUT2D eigenvalue weighted by molar-refractivity contribution is 5.27. The standard InChI is InChI=1S/C15H21N3O/c1-11(2)10-15-16-14(17-18-15)9-6-12-4-7-13(19-3)8-5-12/h4-5,7-8,11H,6,9-10H2,1-3H3,(H,16,17,18). The lowest BCUT2D eigenvalue weighted by atomic mass is 10.1. The maximum absolute atomic E-state index is 5.14. The van der Waals surface area contributed by atoms with E-state index in [1.165, 1.54) is 5.56 Å². The van der Waals surface area contributed by atoms with Crippen molar-refractivity contribution in [3.63, 3.8) is 0 Å². The highest BCUT2D eigenvalue weighted by atomic mass is 16.5. The second-order valence-electron chi connectivity index (χ2n) is 5.14. The Morgan fingerprint density at radius 3 is 2.53 bits per heavy atom. The van der Waals surface area contributed by atoms with E-state index < -0.39 is 0 Å². The van der Waals surface area contributed by atoms with Gasteiger partial charge in [0.2, 0.25) is 0 Å². The Bertz CT molecular complexity index is 502. The number of hydrogen-bond donors (Lipinski definition) is 1. The van der Waals surface area contributed by atoms with Crippen LogP contribution in [0.25, 0.3) is 0 Å². The SMILES string of the molecule is COc1ccc(CCc2n[nH]c(CC(C)C)n2)cc1. The summed E-state index contributed by atoms with van der Waals surface area (Å²) in [5.41, 5.74) is 1.27. The first-order chi connectivity index (χ1) is 9.17. The predicted octanol–water partition coefficient (Wildman–Crippen LogP) is 2.80. The number of aromatic nitrogens is 3. The van der Waals surface area contributed by atoms with Gasteiger partial charge in [0.1, 0.15) is 11.6 Å². The van der Waals surface area contributed by atoms with Crippen LogP contribution in [0.4, 0.5) is 0 Å². The minimum atomic E-state index is 0.599. The Kier molecular flexibility index (Phi) is 4.55. The number of H-pyrrole nitrogens is 1. The lowest BCUT2D eigenvalue weighted by Gasteiger charge is -2.02. The van der Waals surface area contributed by atoms with Crippen LogP contribution in [0.2, 0.25) is 0 Å². The number of ether oxygens (including phenoxy) is 1. The molecule has 19 heavy (non-hydrogen) atoms. The van der Waals surface area contributed by atoms with Crippen molar-refractivity contribution < 1.29 is 4.74 Å². The molecule has 1 aromatic carbocycles. The average molecular weight is 259 g/mol. The molecule has 4 heteroatoms. The Labute approximate surface area is 114 Å². The van der Waals surface area contributed by atoms with E-state index in [2.05, 4.69) is 41.2 Å². The normalized spacial score (nSPS) is 10.9. The topological polar surface area (TPSA) is 50.8 Å². The minimum absolute atomic E-state index is 0.599. The molecule has 0 fully saturated rings. The number of hydrogen-bond acceptors (Lipinski definition) is 3. The molecule has 4 nitrogen and oxygen atoms in total. The highest BCUT2D eigenvalue weighted by Gasteiger charge is 2.05. The zero-order chi connectivity index (χ0) is 13.7. The summed E-state index contributed by atoms with van der Waals surface area (Å²) in [7, 11) is 1.68. The van der Waals surface area contributed by atoms with Gasteiger partial charge in [-0.3, -0.25) is 5.10 Å². The third-order valence-electron chi connectivity index (χ3n) is 2.98. The minimum Gasteiger partial charge on any atom is -0.497 e. The number of nitrogens with one attached hydrogen (secondary N) is 1. The Hall–Kier alpha value is -1.84. The molecule has 1 N–H and O–H groups in total. The number of aryl methyl sites for hydroxylation is 2. The van der Waals surface area contributed by atoms with E-state index >= 15 is 0 Å². The summed E-state index contributed by atoms with van der Waals surface area (Å²) in [6.45, 7) is 4.36. The van der Waals surface area contributed by atoms with Gasteiger partial charge in [0.05, 0.1) is 7.11 Å². The van der Waals surface area contributed by atoms with Crippen molar-refractivity contribution in [2.45, 2.75) is 33.1 Å². The summed E-state index contributed by atoms with van der Waals surface area (Å²) >= 11 is 0. The average Bonchev–Trinajstić information content (AvgIpc) is 2.84. The van der Waals surface area contributed by atoms with Gasteiger partial charge in [0.15, 0.2) is 5.82 Å². The van der Waals surface area contributed by atoms with Crippen LogP contribution in [-0.2, 0) is 19.3 Å². The predicted molar refractivity (Wildman–Crippen MR) is 75.3 cm³/mol. The van der Waals surface area contributed by atoms with Gasteiger partial charge in [-0.1, -0.05) is 26.0 Å². The number of rotatable bonds is 6. The summed E-state index contributed by atoms with van der Waals surface area (Å²) in [6, 6.07) is 8.13. The Morgan fingerprint density at radius 1 is 1.16 bits per heavy atom. The van der Waals surface area contributed by atoms with Crippen molar-refractivity contribution >= 4 is 0 Å². The fourth-order valence-corrected chi connectivity index (χ4v) is 1.97. The first-order valence-corrected chi connectivity index (χ1v) is 6.70. The third kappa shape index (κ3) is 4.09. The summed E-state index contributed by atoms with van der Waals surface area (Å²) < 4.78 is 5.14. The third-order valence-corrected chi connectivity index (χ3v) is 2.98. The molecule has 0 aliphatic carbocycles. The lowest BCUT2D eigenvalue weighted by molar-refractivity contribution is 0.414. The van der Waals surface area contributed by atoms with Gasteiger partial charge < -0.3 is 4.74 Å². The van der Waals surface area contributed by atoms with Crippen molar-refractivity contribution in [2.24, 2.45) is 5.92 Å². The summed E-state index contributed by atoms with van der Waals surface area (Å²) in [5.74, 6) is 3.37. The van der Waals surface area contributed by atoms with E-state index in [4.69, 9.17) is 4.74 Å². The molecular formula is C15H21N3O. The molecule has 0 atom stereocenters. The van der Waals surface area contributed by atoms with Gasteiger partial charge >= 0.3 is 0 Å². The van der Waals surface area contributed by atoms with Gasteiger partial charge in [-0.2, -0.15) is 5.10 Å². The number of benzene rings is 1. The molecule has 1 aromatic heterocycles. The molecule has 2 rings (SSSR count). The molecule has 0 aliphatic heterocycles. The molecule has 102 valence electrons. The van der Waals surface area contributed by atoms with E-state index in [-0.39, 0.29) is 0 Å². The van der Waals surface area contributed by atoms with E-state index in [1.54, 1.807) is 7.11 Å².